The summed E-state index contributed by atoms with van der Waals surface area (Å²) in [6, 6.07) is -0.521. The summed E-state index contributed by atoms with van der Waals surface area (Å²) in [7, 11) is 1.51. The molecule has 2 amide bonds. The fourth-order valence-electron chi connectivity index (χ4n) is 1.64. The molecular formula is C12H25N3O3. The number of ether oxygens (including phenoxy) is 1. The smallest absolute Gasteiger partial charge is 0.244 e. The normalized spacial score (nSPS) is 13.8. The van der Waals surface area contributed by atoms with Crippen LogP contribution in [0.2, 0.25) is 0 Å². The van der Waals surface area contributed by atoms with E-state index in [1.807, 2.05) is 13.8 Å². The molecular weight excluding hydrogens is 234 g/mol. The Balaban J connectivity index is 4.25. The molecule has 0 aromatic rings. The van der Waals surface area contributed by atoms with E-state index in [0.717, 1.165) is 0 Å². The Hall–Kier alpha value is -1.14. The van der Waals surface area contributed by atoms with Gasteiger partial charge in [0, 0.05) is 26.7 Å². The van der Waals surface area contributed by atoms with Crippen LogP contribution in [0.4, 0.5) is 0 Å². The van der Waals surface area contributed by atoms with E-state index in [2.05, 4.69) is 5.32 Å². The molecule has 2 atom stereocenters. The van der Waals surface area contributed by atoms with E-state index in [1.165, 1.54) is 7.11 Å². The van der Waals surface area contributed by atoms with Crippen LogP contribution in [0.3, 0.4) is 0 Å². The van der Waals surface area contributed by atoms with Crippen molar-refractivity contribution < 1.29 is 14.3 Å². The monoisotopic (exact) mass is 259 g/mol. The second kappa shape index (κ2) is 8.88. The van der Waals surface area contributed by atoms with Gasteiger partial charge in [0.25, 0.3) is 0 Å². The third-order valence-corrected chi connectivity index (χ3v) is 2.83. The van der Waals surface area contributed by atoms with Crippen LogP contribution in [0, 0.1) is 0 Å². The lowest BCUT2D eigenvalue weighted by Crippen LogP contribution is -2.47. The van der Waals surface area contributed by atoms with Crippen LogP contribution in [-0.4, -0.2) is 55.6 Å². The summed E-state index contributed by atoms with van der Waals surface area (Å²) in [4.78, 5) is 25.3. The highest BCUT2D eigenvalue weighted by Crippen LogP contribution is 1.98. The number of amides is 2. The van der Waals surface area contributed by atoms with Gasteiger partial charge in [-0.1, -0.05) is 0 Å². The van der Waals surface area contributed by atoms with Crippen LogP contribution >= 0.6 is 0 Å². The van der Waals surface area contributed by atoms with E-state index in [-0.39, 0.29) is 30.9 Å². The van der Waals surface area contributed by atoms with Crippen molar-refractivity contribution in [2.24, 2.45) is 5.73 Å². The maximum Gasteiger partial charge on any atom is 0.244 e. The Bertz CT molecular complexity index is 263. The molecule has 0 fully saturated rings. The van der Waals surface area contributed by atoms with Crippen LogP contribution < -0.4 is 11.1 Å². The van der Waals surface area contributed by atoms with Gasteiger partial charge in [0.05, 0.1) is 12.5 Å². The van der Waals surface area contributed by atoms with Gasteiger partial charge in [-0.25, -0.2) is 0 Å². The zero-order valence-corrected chi connectivity index (χ0v) is 11.7. The van der Waals surface area contributed by atoms with Crippen molar-refractivity contribution >= 4 is 11.8 Å². The molecule has 0 aromatic heterocycles. The van der Waals surface area contributed by atoms with Crippen molar-refractivity contribution in [3.05, 3.63) is 0 Å². The first-order valence-corrected chi connectivity index (χ1v) is 6.31. The van der Waals surface area contributed by atoms with E-state index in [4.69, 9.17) is 10.5 Å². The average Bonchev–Trinajstić information content (AvgIpc) is 2.37. The van der Waals surface area contributed by atoms with Crippen molar-refractivity contribution in [3.63, 3.8) is 0 Å². The first-order valence-electron chi connectivity index (χ1n) is 6.31. The minimum Gasteiger partial charge on any atom is -0.380 e. The SMILES string of the molecule is CCN(CC)C(=O)C(C)NC(=O)CC(CN)OC. The van der Waals surface area contributed by atoms with Gasteiger partial charge >= 0.3 is 0 Å². The fraction of sp³-hybridized carbons (Fsp3) is 0.833. The number of rotatable bonds is 8. The molecule has 0 saturated heterocycles. The number of hydrogen-bond acceptors (Lipinski definition) is 4. The number of nitrogens with two attached hydrogens (primary N) is 1. The lowest BCUT2D eigenvalue weighted by molar-refractivity contribution is -0.136. The molecule has 6 heteroatoms. The third kappa shape index (κ3) is 5.46. The minimum atomic E-state index is -0.521. The predicted molar refractivity (Wildman–Crippen MR) is 70.0 cm³/mol. The summed E-state index contributed by atoms with van der Waals surface area (Å²) in [5.74, 6) is -0.296. The molecule has 18 heavy (non-hydrogen) atoms. The van der Waals surface area contributed by atoms with E-state index in [1.54, 1.807) is 11.8 Å². The second-order valence-corrected chi connectivity index (χ2v) is 4.10. The zero-order chi connectivity index (χ0) is 14.1. The lowest BCUT2D eigenvalue weighted by Gasteiger charge is -2.24. The van der Waals surface area contributed by atoms with Gasteiger partial charge in [0.2, 0.25) is 11.8 Å². The van der Waals surface area contributed by atoms with E-state index >= 15 is 0 Å². The number of carbonyl (C=O) groups excluding carboxylic acids is 2. The number of carbonyl (C=O) groups is 2. The number of methoxy groups -OCH3 is 1. The highest BCUT2D eigenvalue weighted by Gasteiger charge is 2.21. The van der Waals surface area contributed by atoms with E-state index in [9.17, 15) is 9.59 Å². The number of nitrogens with one attached hydrogen (secondary N) is 1. The molecule has 0 bridgehead atoms. The van der Waals surface area contributed by atoms with Crippen LogP contribution in [0.25, 0.3) is 0 Å². The Labute approximate surface area is 109 Å². The summed E-state index contributed by atoms with van der Waals surface area (Å²) in [5.41, 5.74) is 5.43. The summed E-state index contributed by atoms with van der Waals surface area (Å²) >= 11 is 0. The Morgan fingerprint density at radius 3 is 2.28 bits per heavy atom. The van der Waals surface area contributed by atoms with Gasteiger partial charge in [-0.2, -0.15) is 0 Å². The number of nitrogens with zero attached hydrogens (tertiary/aromatic N) is 1. The van der Waals surface area contributed by atoms with Gasteiger partial charge in [-0.3, -0.25) is 9.59 Å². The molecule has 3 N–H and O–H groups in total. The number of hydrogen-bond donors (Lipinski definition) is 2. The van der Waals surface area contributed by atoms with Crippen molar-refractivity contribution in [1.82, 2.24) is 10.2 Å². The standard InChI is InChI=1S/C12H25N3O3/c1-5-15(6-2)12(17)9(3)14-11(16)7-10(8-13)18-4/h9-10H,5-8,13H2,1-4H3,(H,14,16). The van der Waals surface area contributed by atoms with Crippen molar-refractivity contribution in [3.8, 4) is 0 Å². The predicted octanol–water partition coefficient (Wildman–Crippen LogP) is -0.277. The Kier molecular flexibility index (Phi) is 8.32. The van der Waals surface area contributed by atoms with E-state index < -0.39 is 6.04 Å². The average molecular weight is 259 g/mol. The highest BCUT2D eigenvalue weighted by atomic mass is 16.5. The summed E-state index contributed by atoms with van der Waals surface area (Å²) in [6.45, 7) is 7.06. The molecule has 2 unspecified atom stereocenters. The molecule has 0 aliphatic rings. The quantitative estimate of drug-likeness (QED) is 0.628. The fourth-order valence-corrected chi connectivity index (χ4v) is 1.64. The van der Waals surface area contributed by atoms with Gasteiger partial charge in [-0.15, -0.1) is 0 Å². The zero-order valence-electron chi connectivity index (χ0n) is 11.7. The van der Waals surface area contributed by atoms with Crippen LogP contribution in [-0.2, 0) is 14.3 Å². The van der Waals surface area contributed by atoms with Gasteiger partial charge in [0.1, 0.15) is 6.04 Å². The first-order chi connectivity index (χ1) is 8.49. The minimum absolute atomic E-state index is 0.0740. The van der Waals surface area contributed by atoms with Crippen LogP contribution in [0.15, 0.2) is 0 Å². The largest absolute Gasteiger partial charge is 0.380 e. The lowest BCUT2D eigenvalue weighted by atomic mass is 10.2. The Morgan fingerprint density at radius 2 is 1.89 bits per heavy atom. The summed E-state index contributed by atoms with van der Waals surface area (Å²) < 4.78 is 5.02. The highest BCUT2D eigenvalue weighted by molar-refractivity contribution is 5.87. The van der Waals surface area contributed by atoms with Crippen molar-refractivity contribution in [1.29, 1.82) is 0 Å². The van der Waals surface area contributed by atoms with Crippen molar-refractivity contribution in [2.45, 2.75) is 39.3 Å². The molecule has 0 aliphatic heterocycles. The molecule has 0 radical (unpaired) electrons. The molecule has 0 heterocycles. The molecule has 6 nitrogen and oxygen atoms in total. The van der Waals surface area contributed by atoms with E-state index in [0.29, 0.717) is 13.1 Å². The Morgan fingerprint density at radius 1 is 1.33 bits per heavy atom. The molecule has 0 aromatic carbocycles. The third-order valence-electron chi connectivity index (χ3n) is 2.83. The van der Waals surface area contributed by atoms with Gasteiger partial charge < -0.3 is 20.7 Å². The van der Waals surface area contributed by atoms with Crippen LogP contribution in [0.1, 0.15) is 27.2 Å². The van der Waals surface area contributed by atoms with Crippen LogP contribution in [0.5, 0.6) is 0 Å². The summed E-state index contributed by atoms with van der Waals surface area (Å²) in [6.07, 6.45) is -0.135. The molecule has 106 valence electrons. The topological polar surface area (TPSA) is 84.7 Å². The molecule has 0 spiro atoms. The molecule has 0 aliphatic carbocycles. The summed E-state index contributed by atoms with van der Waals surface area (Å²) in [5, 5.41) is 2.66. The first kappa shape index (κ1) is 16.9. The number of likely N-dealkylation sites (N-methyl/N-ethyl adjacent to an activating group) is 1. The maximum absolute atomic E-state index is 11.9. The van der Waals surface area contributed by atoms with Gasteiger partial charge in [0.15, 0.2) is 0 Å². The van der Waals surface area contributed by atoms with Crippen molar-refractivity contribution in [2.75, 3.05) is 26.7 Å². The second-order valence-electron chi connectivity index (χ2n) is 4.10. The van der Waals surface area contributed by atoms with Gasteiger partial charge in [-0.05, 0) is 20.8 Å². The maximum atomic E-state index is 11.9. The molecule has 0 saturated carbocycles. The molecule has 0 rings (SSSR count).